The maximum atomic E-state index is 13.9. The third-order valence-corrected chi connectivity index (χ3v) is 6.38. The molecule has 0 spiro atoms. The van der Waals surface area contributed by atoms with Crippen molar-refractivity contribution >= 4 is 39.1 Å². The van der Waals surface area contributed by atoms with Gasteiger partial charge in [-0.1, -0.05) is 44.2 Å². The van der Waals surface area contributed by atoms with Gasteiger partial charge < -0.3 is 10.6 Å². The Hall–Kier alpha value is -3.65. The van der Waals surface area contributed by atoms with Gasteiger partial charge in [-0.2, -0.15) is 0 Å². The van der Waals surface area contributed by atoms with Gasteiger partial charge in [0.1, 0.15) is 23.2 Å². The van der Waals surface area contributed by atoms with E-state index in [0.29, 0.717) is 12.1 Å². The van der Waals surface area contributed by atoms with E-state index in [9.17, 15) is 18.4 Å². The van der Waals surface area contributed by atoms with Crippen LogP contribution in [0.3, 0.4) is 0 Å². The number of halogens is 2. The second-order valence-electron chi connectivity index (χ2n) is 8.23. The summed E-state index contributed by atoms with van der Waals surface area (Å²) in [7, 11) is 0. The molecule has 0 unspecified atom stereocenters. The maximum absolute atomic E-state index is 13.9. The number of carbonyl (C=O) groups excluding carboxylic acids is 2. The molecule has 0 radical (unpaired) electrons. The molecule has 4 aromatic rings. The van der Waals surface area contributed by atoms with Crippen LogP contribution in [0.5, 0.6) is 0 Å². The van der Waals surface area contributed by atoms with Crippen LogP contribution in [0.2, 0.25) is 0 Å². The number of hydrogen-bond acceptors (Lipinski definition) is 4. The molecule has 4 rings (SSSR count). The van der Waals surface area contributed by atoms with E-state index < -0.39 is 35.1 Å². The maximum Gasteiger partial charge on any atom is 0.257 e. The number of hydrogen-bond donors (Lipinski definition) is 2. The fourth-order valence-corrected chi connectivity index (χ4v) is 4.56. The average Bonchev–Trinajstić information content (AvgIpc) is 3.20. The number of rotatable bonds is 7. The van der Waals surface area contributed by atoms with Crippen molar-refractivity contribution in [2.24, 2.45) is 5.92 Å². The molecule has 3 aromatic carbocycles. The Morgan fingerprint density at radius 1 is 0.941 bits per heavy atom. The van der Waals surface area contributed by atoms with E-state index in [2.05, 4.69) is 15.6 Å². The summed E-state index contributed by atoms with van der Waals surface area (Å²) in [6, 6.07) is 17.5. The largest absolute Gasteiger partial charge is 0.340 e. The third-order valence-electron chi connectivity index (χ3n) is 5.34. The van der Waals surface area contributed by atoms with Crippen molar-refractivity contribution < 1.29 is 18.4 Å². The van der Waals surface area contributed by atoms with Gasteiger partial charge in [0.2, 0.25) is 5.91 Å². The van der Waals surface area contributed by atoms with Crippen LogP contribution in [0, 0.1) is 17.6 Å². The summed E-state index contributed by atoms with van der Waals surface area (Å²) in [6.45, 7) is 3.48. The highest BCUT2D eigenvalue weighted by molar-refractivity contribution is 7.18. The molecule has 0 saturated heterocycles. The van der Waals surface area contributed by atoms with Crippen molar-refractivity contribution in [3.8, 4) is 0 Å². The fraction of sp³-hybridized carbons (Fsp3) is 0.192. The second kappa shape index (κ2) is 10.1. The van der Waals surface area contributed by atoms with Crippen LogP contribution in [0.1, 0.15) is 34.8 Å². The van der Waals surface area contributed by atoms with Crippen molar-refractivity contribution in [1.82, 2.24) is 10.3 Å². The smallest absolute Gasteiger partial charge is 0.257 e. The summed E-state index contributed by atoms with van der Waals surface area (Å²) in [5, 5.41) is 6.22. The predicted molar refractivity (Wildman–Crippen MR) is 130 cm³/mol. The Balaban J connectivity index is 1.42. The van der Waals surface area contributed by atoms with Gasteiger partial charge in [0.05, 0.1) is 15.2 Å². The Morgan fingerprint density at radius 3 is 2.26 bits per heavy atom. The summed E-state index contributed by atoms with van der Waals surface area (Å²) in [5.41, 5.74) is 1.86. The molecule has 2 N–H and O–H groups in total. The third kappa shape index (κ3) is 5.28. The Labute approximate surface area is 199 Å². The first kappa shape index (κ1) is 23.5. The molecule has 0 fully saturated rings. The van der Waals surface area contributed by atoms with Gasteiger partial charge in [-0.3, -0.25) is 9.59 Å². The molecule has 0 saturated carbocycles. The molecule has 174 valence electrons. The van der Waals surface area contributed by atoms with E-state index in [1.54, 1.807) is 37.3 Å². The molecule has 5 nitrogen and oxygen atoms in total. The van der Waals surface area contributed by atoms with E-state index in [0.717, 1.165) is 32.9 Å². The number of nitrogens with one attached hydrogen (secondary N) is 2. The first-order valence-electron chi connectivity index (χ1n) is 10.8. The molecule has 2 amide bonds. The monoisotopic (exact) mass is 479 g/mol. The number of aromatic nitrogens is 1. The van der Waals surface area contributed by atoms with Gasteiger partial charge in [0.25, 0.3) is 5.91 Å². The Bertz CT molecular complexity index is 1280. The molecular weight excluding hydrogens is 456 g/mol. The number of para-hydroxylation sites is 1. The standard InChI is InChI=1S/C26H23F2N3O2S/c1-15(2)24(31-25(32)23-18(27)6-5-7-19(23)28)26(33)29-17-12-10-16(11-13-17)14-22-30-20-8-3-4-9-21(20)34-22/h3-13,15,24H,14H2,1-2H3,(H,29,33)(H,31,32)/t24-/m0/s1. The molecule has 0 aliphatic carbocycles. The van der Waals surface area contributed by atoms with Gasteiger partial charge in [0.15, 0.2) is 0 Å². The van der Waals surface area contributed by atoms with Gasteiger partial charge >= 0.3 is 0 Å². The van der Waals surface area contributed by atoms with Crippen LogP contribution in [-0.4, -0.2) is 22.8 Å². The number of fused-ring (bicyclic) bond motifs is 1. The molecule has 1 atom stereocenters. The molecule has 8 heteroatoms. The zero-order chi connectivity index (χ0) is 24.2. The van der Waals surface area contributed by atoms with E-state index in [1.165, 1.54) is 6.07 Å². The zero-order valence-electron chi connectivity index (χ0n) is 18.6. The Kier molecular flexibility index (Phi) is 6.98. The molecule has 1 heterocycles. The molecule has 34 heavy (non-hydrogen) atoms. The molecule has 0 aliphatic heterocycles. The van der Waals surface area contributed by atoms with E-state index in [-0.39, 0.29) is 5.92 Å². The van der Waals surface area contributed by atoms with Crippen LogP contribution < -0.4 is 10.6 Å². The lowest BCUT2D eigenvalue weighted by Gasteiger charge is -2.22. The van der Waals surface area contributed by atoms with Crippen molar-refractivity contribution in [2.45, 2.75) is 26.3 Å². The number of nitrogens with zero attached hydrogens (tertiary/aromatic N) is 1. The highest BCUT2D eigenvalue weighted by atomic mass is 32.1. The van der Waals surface area contributed by atoms with Crippen LogP contribution in [0.15, 0.2) is 66.7 Å². The highest BCUT2D eigenvalue weighted by Crippen LogP contribution is 2.24. The average molecular weight is 480 g/mol. The molecule has 0 bridgehead atoms. The van der Waals surface area contributed by atoms with Gasteiger partial charge in [0, 0.05) is 12.1 Å². The SMILES string of the molecule is CC(C)[C@H](NC(=O)c1c(F)cccc1F)C(=O)Nc1ccc(Cc2nc3ccccc3s2)cc1. The zero-order valence-corrected chi connectivity index (χ0v) is 19.5. The quantitative estimate of drug-likeness (QED) is 0.365. The molecular formula is C26H23F2N3O2S. The van der Waals surface area contributed by atoms with Crippen LogP contribution in [0.25, 0.3) is 10.2 Å². The Morgan fingerprint density at radius 2 is 1.62 bits per heavy atom. The van der Waals surface area contributed by atoms with E-state index in [1.807, 2.05) is 36.4 Å². The molecule has 0 aliphatic rings. The summed E-state index contributed by atoms with van der Waals surface area (Å²) in [6.07, 6.45) is 0.673. The lowest BCUT2D eigenvalue weighted by atomic mass is 10.0. The van der Waals surface area contributed by atoms with E-state index in [4.69, 9.17) is 0 Å². The van der Waals surface area contributed by atoms with Crippen molar-refractivity contribution in [3.05, 3.63) is 94.5 Å². The number of thiazole rings is 1. The van der Waals surface area contributed by atoms with E-state index >= 15 is 0 Å². The predicted octanol–water partition coefficient (Wildman–Crippen LogP) is 5.56. The summed E-state index contributed by atoms with van der Waals surface area (Å²) in [5.74, 6) is -3.72. The second-order valence-corrected chi connectivity index (χ2v) is 9.35. The number of carbonyl (C=O) groups is 2. The lowest BCUT2D eigenvalue weighted by molar-refractivity contribution is -0.118. The van der Waals surface area contributed by atoms with Crippen molar-refractivity contribution in [2.75, 3.05) is 5.32 Å². The van der Waals surface area contributed by atoms with Crippen molar-refractivity contribution in [1.29, 1.82) is 0 Å². The van der Waals surface area contributed by atoms with Gasteiger partial charge in [-0.05, 0) is 47.9 Å². The normalized spacial score (nSPS) is 12.0. The van der Waals surface area contributed by atoms with Gasteiger partial charge in [-0.25, -0.2) is 13.8 Å². The summed E-state index contributed by atoms with van der Waals surface area (Å²) >= 11 is 1.65. The minimum Gasteiger partial charge on any atom is -0.340 e. The highest BCUT2D eigenvalue weighted by Gasteiger charge is 2.27. The van der Waals surface area contributed by atoms with Crippen LogP contribution >= 0.6 is 11.3 Å². The fourth-order valence-electron chi connectivity index (χ4n) is 3.56. The van der Waals surface area contributed by atoms with Crippen molar-refractivity contribution in [3.63, 3.8) is 0 Å². The molecule has 1 aromatic heterocycles. The topological polar surface area (TPSA) is 71.1 Å². The lowest BCUT2D eigenvalue weighted by Crippen LogP contribution is -2.47. The minimum absolute atomic E-state index is 0.308. The summed E-state index contributed by atoms with van der Waals surface area (Å²) in [4.78, 5) is 30.0. The minimum atomic E-state index is -0.982. The first-order valence-corrected chi connectivity index (χ1v) is 11.6. The number of anilines is 1. The number of benzene rings is 3. The summed E-state index contributed by atoms with van der Waals surface area (Å²) < 4.78 is 29.0. The first-order chi connectivity index (χ1) is 16.3. The number of amides is 2. The van der Waals surface area contributed by atoms with Gasteiger partial charge in [-0.15, -0.1) is 11.3 Å². The van der Waals surface area contributed by atoms with Crippen LogP contribution in [-0.2, 0) is 11.2 Å². The van der Waals surface area contributed by atoms with Crippen LogP contribution in [0.4, 0.5) is 14.5 Å².